The highest BCUT2D eigenvalue weighted by atomic mass is 15.3. The molecule has 2 nitrogen and oxygen atoms in total. The van der Waals surface area contributed by atoms with E-state index in [4.69, 9.17) is 0 Å². The zero-order valence-corrected chi connectivity index (χ0v) is 13.6. The van der Waals surface area contributed by atoms with E-state index in [0.29, 0.717) is 0 Å². The summed E-state index contributed by atoms with van der Waals surface area (Å²) in [7, 11) is 0. The van der Waals surface area contributed by atoms with Crippen molar-refractivity contribution in [1.29, 1.82) is 0 Å². The Morgan fingerprint density at radius 1 is 1.14 bits per heavy atom. The molecular formula is C19H30N2. The van der Waals surface area contributed by atoms with Gasteiger partial charge in [-0.3, -0.25) is 4.90 Å². The molecule has 1 unspecified atom stereocenters. The lowest BCUT2D eigenvalue weighted by atomic mass is 9.96. The molecule has 1 saturated carbocycles. The third-order valence-corrected chi connectivity index (χ3v) is 5.03. The molecule has 116 valence electrons. The monoisotopic (exact) mass is 286 g/mol. The second-order valence-corrected chi connectivity index (χ2v) is 7.58. The third kappa shape index (κ3) is 4.31. The molecule has 1 N–H and O–H groups in total. The van der Waals surface area contributed by atoms with E-state index in [1.807, 2.05) is 0 Å². The van der Waals surface area contributed by atoms with Crippen molar-refractivity contribution in [3.05, 3.63) is 35.9 Å². The Kier molecular flexibility index (Phi) is 4.66. The molecule has 1 aromatic carbocycles. The number of unbranched alkanes of at least 4 members (excludes halogenated alkanes) is 1. The van der Waals surface area contributed by atoms with Gasteiger partial charge in [0.25, 0.3) is 0 Å². The van der Waals surface area contributed by atoms with Gasteiger partial charge in [-0.05, 0) is 64.0 Å². The highest BCUT2D eigenvalue weighted by molar-refractivity contribution is 5.14. The van der Waals surface area contributed by atoms with Crippen molar-refractivity contribution in [2.24, 2.45) is 5.92 Å². The van der Waals surface area contributed by atoms with Crippen LogP contribution in [0.5, 0.6) is 0 Å². The summed E-state index contributed by atoms with van der Waals surface area (Å²) in [6.45, 7) is 8.36. The second-order valence-electron chi connectivity index (χ2n) is 7.58. The van der Waals surface area contributed by atoms with Gasteiger partial charge >= 0.3 is 0 Å². The maximum absolute atomic E-state index is 3.73. The standard InChI is InChI=1S/C19H30N2/c1-19(2)15-21(18(14-20-19)17-11-12-17)13-7-6-10-16-8-4-3-5-9-16/h3-5,8-9,17-18,20H,6-7,10-15H2,1-2H3. The highest BCUT2D eigenvalue weighted by Gasteiger charge is 2.40. The first-order valence-corrected chi connectivity index (χ1v) is 8.67. The van der Waals surface area contributed by atoms with E-state index in [9.17, 15) is 0 Å². The summed E-state index contributed by atoms with van der Waals surface area (Å²) < 4.78 is 0. The summed E-state index contributed by atoms with van der Waals surface area (Å²) in [5.74, 6) is 0.975. The minimum atomic E-state index is 0.283. The molecule has 0 aromatic heterocycles. The van der Waals surface area contributed by atoms with E-state index in [1.165, 1.54) is 57.3 Å². The second kappa shape index (κ2) is 6.50. The maximum atomic E-state index is 3.73. The lowest BCUT2D eigenvalue weighted by Gasteiger charge is -2.45. The molecule has 3 rings (SSSR count). The first-order chi connectivity index (χ1) is 10.1. The smallest absolute Gasteiger partial charge is 0.0252 e. The predicted molar refractivity (Wildman–Crippen MR) is 89.5 cm³/mol. The van der Waals surface area contributed by atoms with Crippen LogP contribution in [0.4, 0.5) is 0 Å². The van der Waals surface area contributed by atoms with Crippen LogP contribution in [0.1, 0.15) is 45.1 Å². The molecular weight excluding hydrogens is 256 g/mol. The number of piperazine rings is 1. The van der Waals surface area contributed by atoms with Gasteiger partial charge in [0, 0.05) is 24.7 Å². The van der Waals surface area contributed by atoms with Crippen molar-refractivity contribution < 1.29 is 0 Å². The summed E-state index contributed by atoms with van der Waals surface area (Å²) in [6.07, 6.45) is 6.77. The first-order valence-electron chi connectivity index (χ1n) is 8.67. The van der Waals surface area contributed by atoms with Crippen molar-refractivity contribution >= 4 is 0 Å². The molecule has 1 aliphatic carbocycles. The average Bonchev–Trinajstić information content (AvgIpc) is 3.29. The van der Waals surface area contributed by atoms with Gasteiger partial charge in [-0.2, -0.15) is 0 Å². The van der Waals surface area contributed by atoms with E-state index in [0.717, 1.165) is 12.0 Å². The molecule has 0 spiro atoms. The summed E-state index contributed by atoms with van der Waals surface area (Å²) in [6, 6.07) is 11.7. The zero-order valence-electron chi connectivity index (χ0n) is 13.6. The van der Waals surface area contributed by atoms with Crippen LogP contribution in [-0.4, -0.2) is 36.1 Å². The van der Waals surface area contributed by atoms with Gasteiger partial charge in [-0.15, -0.1) is 0 Å². The number of benzene rings is 1. The lowest BCUT2D eigenvalue weighted by molar-refractivity contribution is 0.0812. The minimum Gasteiger partial charge on any atom is -0.309 e. The molecule has 0 amide bonds. The number of hydrogen-bond donors (Lipinski definition) is 1. The maximum Gasteiger partial charge on any atom is 0.0252 e. The van der Waals surface area contributed by atoms with Crippen LogP contribution in [0.15, 0.2) is 30.3 Å². The predicted octanol–water partition coefficient (Wildman–Crippen LogP) is 3.47. The molecule has 2 aliphatic rings. The molecule has 2 fully saturated rings. The van der Waals surface area contributed by atoms with Crippen LogP contribution >= 0.6 is 0 Å². The number of rotatable bonds is 6. The van der Waals surface area contributed by atoms with E-state index in [1.54, 1.807) is 0 Å². The minimum absolute atomic E-state index is 0.283. The van der Waals surface area contributed by atoms with Crippen molar-refractivity contribution in [3.8, 4) is 0 Å². The summed E-state index contributed by atoms with van der Waals surface area (Å²) in [5.41, 5.74) is 1.77. The van der Waals surface area contributed by atoms with E-state index in [-0.39, 0.29) is 5.54 Å². The number of nitrogens with one attached hydrogen (secondary N) is 1. The van der Waals surface area contributed by atoms with Crippen molar-refractivity contribution in [3.63, 3.8) is 0 Å². The number of hydrogen-bond acceptors (Lipinski definition) is 2. The van der Waals surface area contributed by atoms with Crippen LogP contribution in [-0.2, 0) is 6.42 Å². The van der Waals surface area contributed by atoms with Crippen LogP contribution in [0.25, 0.3) is 0 Å². The van der Waals surface area contributed by atoms with Gasteiger partial charge < -0.3 is 5.32 Å². The topological polar surface area (TPSA) is 15.3 Å². The van der Waals surface area contributed by atoms with Crippen LogP contribution in [0, 0.1) is 5.92 Å². The Morgan fingerprint density at radius 2 is 1.90 bits per heavy atom. The normalized spacial score (nSPS) is 25.9. The first kappa shape index (κ1) is 15.1. The fourth-order valence-electron chi connectivity index (χ4n) is 3.67. The van der Waals surface area contributed by atoms with Gasteiger partial charge in [-0.25, -0.2) is 0 Å². The molecule has 21 heavy (non-hydrogen) atoms. The Bertz CT molecular complexity index is 436. The number of aryl methyl sites for hydroxylation is 1. The van der Waals surface area contributed by atoms with Crippen molar-refractivity contribution in [2.45, 2.75) is 57.5 Å². The Balaban J connectivity index is 1.45. The SMILES string of the molecule is CC1(C)CN(CCCCc2ccccc2)C(C2CC2)CN1. The fourth-order valence-corrected chi connectivity index (χ4v) is 3.67. The third-order valence-electron chi connectivity index (χ3n) is 5.03. The van der Waals surface area contributed by atoms with Gasteiger partial charge in [0.2, 0.25) is 0 Å². The Labute approximate surface area is 129 Å². The number of nitrogens with zero attached hydrogens (tertiary/aromatic N) is 1. The Morgan fingerprint density at radius 3 is 2.62 bits per heavy atom. The van der Waals surface area contributed by atoms with Gasteiger partial charge in [0.1, 0.15) is 0 Å². The molecule has 1 aliphatic heterocycles. The van der Waals surface area contributed by atoms with Crippen LogP contribution < -0.4 is 5.32 Å². The molecule has 1 atom stereocenters. The van der Waals surface area contributed by atoms with Crippen LogP contribution in [0.2, 0.25) is 0 Å². The Hall–Kier alpha value is -0.860. The molecule has 1 heterocycles. The van der Waals surface area contributed by atoms with Gasteiger partial charge in [0.15, 0.2) is 0 Å². The van der Waals surface area contributed by atoms with Crippen molar-refractivity contribution in [2.75, 3.05) is 19.6 Å². The summed E-state index contributed by atoms with van der Waals surface area (Å²) in [5, 5.41) is 3.73. The molecule has 1 aromatic rings. The fraction of sp³-hybridized carbons (Fsp3) is 0.684. The van der Waals surface area contributed by atoms with Gasteiger partial charge in [0.05, 0.1) is 0 Å². The van der Waals surface area contributed by atoms with Gasteiger partial charge in [-0.1, -0.05) is 30.3 Å². The summed E-state index contributed by atoms with van der Waals surface area (Å²) in [4.78, 5) is 2.78. The molecule has 1 saturated heterocycles. The van der Waals surface area contributed by atoms with E-state index in [2.05, 4.69) is 54.4 Å². The lowest BCUT2D eigenvalue weighted by Crippen LogP contribution is -2.62. The molecule has 0 radical (unpaired) electrons. The molecule has 2 heteroatoms. The average molecular weight is 286 g/mol. The van der Waals surface area contributed by atoms with Crippen molar-refractivity contribution in [1.82, 2.24) is 10.2 Å². The van der Waals surface area contributed by atoms with E-state index >= 15 is 0 Å². The van der Waals surface area contributed by atoms with Crippen LogP contribution in [0.3, 0.4) is 0 Å². The quantitative estimate of drug-likeness (QED) is 0.806. The highest BCUT2D eigenvalue weighted by Crippen LogP contribution is 2.37. The largest absolute Gasteiger partial charge is 0.309 e. The zero-order chi connectivity index (χ0) is 14.7. The molecule has 0 bridgehead atoms. The summed E-state index contributed by atoms with van der Waals surface area (Å²) >= 11 is 0. The van der Waals surface area contributed by atoms with E-state index < -0.39 is 0 Å².